The highest BCUT2D eigenvalue weighted by atomic mass is 15.3. The lowest BCUT2D eigenvalue weighted by atomic mass is 9.86. The molecule has 1 saturated heterocycles. The number of piperazine rings is 1. The summed E-state index contributed by atoms with van der Waals surface area (Å²) in [6.07, 6.45) is 3.86. The van der Waals surface area contributed by atoms with E-state index in [4.69, 9.17) is 10.7 Å². The van der Waals surface area contributed by atoms with Crippen molar-refractivity contribution in [2.75, 3.05) is 36.8 Å². The van der Waals surface area contributed by atoms with Crippen molar-refractivity contribution in [3.05, 3.63) is 78.2 Å². The van der Waals surface area contributed by atoms with E-state index in [1.54, 1.807) is 0 Å². The summed E-state index contributed by atoms with van der Waals surface area (Å²) in [6, 6.07) is 18.9. The van der Waals surface area contributed by atoms with Crippen LogP contribution < -0.4 is 10.6 Å². The van der Waals surface area contributed by atoms with Crippen LogP contribution in [0.4, 0.5) is 11.5 Å². The van der Waals surface area contributed by atoms with Crippen LogP contribution in [0.25, 0.3) is 16.9 Å². The van der Waals surface area contributed by atoms with E-state index in [2.05, 4.69) is 76.4 Å². The van der Waals surface area contributed by atoms with E-state index in [0.717, 1.165) is 61.1 Å². The smallest absolute Gasteiger partial charge is 0.137 e. The maximum Gasteiger partial charge on any atom is 0.137 e. The molecule has 2 N–H and O–H groups in total. The molecule has 0 amide bonds. The molecule has 33 heavy (non-hydrogen) atoms. The molecule has 170 valence electrons. The Hall–Kier alpha value is -3.38. The molecule has 6 heteroatoms. The number of nitrogens with two attached hydrogens (primary N) is 1. The average molecular weight is 441 g/mol. The molecule has 4 aromatic rings. The number of benzene rings is 1. The Bertz CT molecular complexity index is 1230. The van der Waals surface area contributed by atoms with E-state index in [1.165, 1.54) is 11.3 Å². The Morgan fingerprint density at radius 1 is 0.909 bits per heavy atom. The fourth-order valence-electron chi connectivity index (χ4n) is 4.51. The van der Waals surface area contributed by atoms with Gasteiger partial charge in [-0.25, -0.2) is 9.97 Å². The fraction of sp³-hybridized carbons (Fsp3) is 0.333. The highest BCUT2D eigenvalue weighted by molar-refractivity contribution is 5.68. The number of pyridine rings is 2. The monoisotopic (exact) mass is 440 g/mol. The molecule has 6 nitrogen and oxygen atoms in total. The quantitative estimate of drug-likeness (QED) is 0.503. The van der Waals surface area contributed by atoms with Crippen LogP contribution in [0.5, 0.6) is 0 Å². The standard InChI is InChI=1S/C27H32N6/c1-27(2,3)21-9-7-20(8-10-21)26-23(33-18-22(28)11-12-25(33)30-26)19-31-14-16-32(17-15-31)24-6-4-5-13-29-24/h4-13,18H,14-17,19,28H2,1-3H3. The van der Waals surface area contributed by atoms with Crippen LogP contribution in [0.1, 0.15) is 32.0 Å². The van der Waals surface area contributed by atoms with Gasteiger partial charge in [0.15, 0.2) is 0 Å². The summed E-state index contributed by atoms with van der Waals surface area (Å²) in [5.74, 6) is 1.05. The zero-order valence-electron chi connectivity index (χ0n) is 19.7. The van der Waals surface area contributed by atoms with Gasteiger partial charge < -0.3 is 15.0 Å². The lowest BCUT2D eigenvalue weighted by Crippen LogP contribution is -2.46. The Labute approximate surface area is 195 Å². The molecule has 0 bridgehead atoms. The van der Waals surface area contributed by atoms with Crippen molar-refractivity contribution < 1.29 is 0 Å². The van der Waals surface area contributed by atoms with Crippen LogP contribution in [0.2, 0.25) is 0 Å². The van der Waals surface area contributed by atoms with Crippen LogP contribution >= 0.6 is 0 Å². The predicted octanol–water partition coefficient (Wildman–Crippen LogP) is 4.60. The molecule has 0 aliphatic carbocycles. The molecule has 1 aromatic carbocycles. The minimum Gasteiger partial charge on any atom is -0.398 e. The van der Waals surface area contributed by atoms with Crippen molar-refractivity contribution in [1.82, 2.24) is 19.3 Å². The second-order valence-electron chi connectivity index (χ2n) is 9.88. The number of imidazole rings is 1. The number of nitrogen functional groups attached to an aromatic ring is 1. The van der Waals surface area contributed by atoms with Crippen LogP contribution in [0.15, 0.2) is 67.0 Å². The maximum absolute atomic E-state index is 6.15. The van der Waals surface area contributed by atoms with E-state index >= 15 is 0 Å². The van der Waals surface area contributed by atoms with Gasteiger partial charge >= 0.3 is 0 Å². The number of hydrogen-bond donors (Lipinski definition) is 1. The van der Waals surface area contributed by atoms with Gasteiger partial charge in [0, 0.05) is 56.4 Å². The molecule has 3 aromatic heterocycles. The van der Waals surface area contributed by atoms with Crippen LogP contribution in [0, 0.1) is 0 Å². The Kier molecular flexibility index (Phi) is 5.54. The van der Waals surface area contributed by atoms with Gasteiger partial charge in [-0.05, 0) is 35.2 Å². The van der Waals surface area contributed by atoms with Gasteiger partial charge in [0.05, 0.1) is 11.4 Å². The van der Waals surface area contributed by atoms with Gasteiger partial charge in [0.25, 0.3) is 0 Å². The number of aromatic nitrogens is 3. The summed E-state index contributed by atoms with van der Waals surface area (Å²) in [6.45, 7) is 11.4. The molecule has 0 radical (unpaired) electrons. The summed E-state index contributed by atoms with van der Waals surface area (Å²) in [5, 5.41) is 0. The minimum absolute atomic E-state index is 0.127. The molecule has 1 fully saturated rings. The van der Waals surface area contributed by atoms with Crippen molar-refractivity contribution in [3.8, 4) is 11.3 Å². The third-order valence-corrected chi connectivity index (χ3v) is 6.48. The van der Waals surface area contributed by atoms with Crippen molar-refractivity contribution in [2.45, 2.75) is 32.7 Å². The third-order valence-electron chi connectivity index (χ3n) is 6.48. The lowest BCUT2D eigenvalue weighted by Gasteiger charge is -2.35. The summed E-state index contributed by atoms with van der Waals surface area (Å²) >= 11 is 0. The highest BCUT2D eigenvalue weighted by Gasteiger charge is 2.22. The van der Waals surface area contributed by atoms with Gasteiger partial charge in [-0.3, -0.25) is 4.90 Å². The molecular formula is C27H32N6. The van der Waals surface area contributed by atoms with Crippen LogP contribution in [-0.4, -0.2) is 45.4 Å². The van der Waals surface area contributed by atoms with E-state index in [1.807, 2.05) is 30.6 Å². The molecule has 0 saturated carbocycles. The summed E-state index contributed by atoms with van der Waals surface area (Å²) < 4.78 is 2.16. The second kappa shape index (κ2) is 8.52. The number of nitrogens with zero attached hydrogens (tertiary/aromatic N) is 5. The van der Waals surface area contributed by atoms with Crippen molar-refractivity contribution in [3.63, 3.8) is 0 Å². The first kappa shape index (κ1) is 21.5. The molecule has 1 aliphatic rings. The first-order valence-electron chi connectivity index (χ1n) is 11.6. The van der Waals surface area contributed by atoms with Crippen LogP contribution in [-0.2, 0) is 12.0 Å². The molecular weight excluding hydrogens is 408 g/mol. The predicted molar refractivity (Wildman–Crippen MR) is 135 cm³/mol. The Morgan fingerprint density at radius 3 is 2.33 bits per heavy atom. The molecule has 4 heterocycles. The minimum atomic E-state index is 0.127. The zero-order valence-corrected chi connectivity index (χ0v) is 19.7. The number of rotatable bonds is 4. The van der Waals surface area contributed by atoms with E-state index in [9.17, 15) is 0 Å². The Morgan fingerprint density at radius 2 is 1.67 bits per heavy atom. The molecule has 5 rings (SSSR count). The average Bonchev–Trinajstić information content (AvgIpc) is 3.17. The number of fused-ring (bicyclic) bond motifs is 1. The van der Waals surface area contributed by atoms with Crippen molar-refractivity contribution in [2.24, 2.45) is 0 Å². The first-order chi connectivity index (χ1) is 15.9. The first-order valence-corrected chi connectivity index (χ1v) is 11.6. The third kappa shape index (κ3) is 4.44. The van der Waals surface area contributed by atoms with Gasteiger partial charge in [-0.15, -0.1) is 0 Å². The topological polar surface area (TPSA) is 62.7 Å². The molecule has 1 aliphatic heterocycles. The van der Waals surface area contributed by atoms with Gasteiger partial charge in [-0.2, -0.15) is 0 Å². The maximum atomic E-state index is 6.15. The van der Waals surface area contributed by atoms with Crippen molar-refractivity contribution >= 4 is 17.2 Å². The van der Waals surface area contributed by atoms with Crippen LogP contribution in [0.3, 0.4) is 0 Å². The SMILES string of the molecule is CC(C)(C)c1ccc(-c2nc3ccc(N)cn3c2CN2CCN(c3ccccn3)CC2)cc1. The highest BCUT2D eigenvalue weighted by Crippen LogP contribution is 2.30. The fourth-order valence-corrected chi connectivity index (χ4v) is 4.51. The van der Waals surface area contributed by atoms with E-state index in [0.29, 0.717) is 0 Å². The van der Waals surface area contributed by atoms with E-state index < -0.39 is 0 Å². The Balaban J connectivity index is 1.43. The van der Waals surface area contributed by atoms with E-state index in [-0.39, 0.29) is 5.41 Å². The summed E-state index contributed by atoms with van der Waals surface area (Å²) in [7, 11) is 0. The van der Waals surface area contributed by atoms with Gasteiger partial charge in [-0.1, -0.05) is 51.1 Å². The molecule has 0 atom stereocenters. The molecule has 0 spiro atoms. The van der Waals surface area contributed by atoms with Gasteiger partial charge in [0.1, 0.15) is 11.5 Å². The lowest BCUT2D eigenvalue weighted by molar-refractivity contribution is 0.246. The molecule has 0 unspecified atom stereocenters. The number of anilines is 2. The largest absolute Gasteiger partial charge is 0.398 e. The van der Waals surface area contributed by atoms with Crippen molar-refractivity contribution in [1.29, 1.82) is 0 Å². The van der Waals surface area contributed by atoms with Gasteiger partial charge in [0.2, 0.25) is 0 Å². The number of hydrogen-bond acceptors (Lipinski definition) is 5. The second-order valence-corrected chi connectivity index (χ2v) is 9.88. The summed E-state index contributed by atoms with van der Waals surface area (Å²) in [4.78, 5) is 14.4. The summed E-state index contributed by atoms with van der Waals surface area (Å²) in [5.41, 5.74) is 12.6. The zero-order chi connectivity index (χ0) is 23.0. The normalized spacial score (nSPS) is 15.3.